The highest BCUT2D eigenvalue weighted by Crippen LogP contribution is 2.68. The fourth-order valence-corrected chi connectivity index (χ4v) is 13.6. The molecule has 33 heavy (non-hydrogen) atoms. The normalized spacial score (nSPS) is 17.7. The van der Waals surface area contributed by atoms with Gasteiger partial charge in [0, 0.05) is 5.92 Å². The Morgan fingerprint density at radius 3 is 1.42 bits per heavy atom. The van der Waals surface area contributed by atoms with Crippen LogP contribution in [0.1, 0.15) is 70.7 Å². The van der Waals surface area contributed by atoms with E-state index in [9.17, 15) is 0 Å². The number of allylic oxidation sites excluding steroid dienone is 4. The quantitative estimate of drug-likeness (QED) is 0.376. The molecule has 0 radical (unpaired) electrons. The van der Waals surface area contributed by atoms with Crippen molar-refractivity contribution in [3.8, 4) is 0 Å². The smallest absolute Gasteiger partial charge is 0.00968 e. The molecule has 2 aromatic carbocycles. The number of rotatable bonds is 5. The van der Waals surface area contributed by atoms with Gasteiger partial charge in [-0.15, -0.1) is 0 Å². The Morgan fingerprint density at radius 2 is 1.06 bits per heavy atom. The maximum Gasteiger partial charge on any atom is 0.00968 e. The molecule has 0 saturated heterocycles. The number of hydrogen-bond acceptors (Lipinski definition) is 0. The SMILES string of the molecule is Cc1cc(C)cc(P(c2cc(C)cc(C)c2)C(C)C2C=CC=C2P(C(C)(C)C)C(C)(C)C)c1. The van der Waals surface area contributed by atoms with Gasteiger partial charge in [0.05, 0.1) is 0 Å². The van der Waals surface area contributed by atoms with Crippen LogP contribution in [-0.4, -0.2) is 16.0 Å². The molecule has 0 saturated carbocycles. The highest BCUT2D eigenvalue weighted by atomic mass is 31.1. The zero-order valence-electron chi connectivity index (χ0n) is 22.7. The van der Waals surface area contributed by atoms with Crippen LogP contribution in [0.15, 0.2) is 59.9 Å². The van der Waals surface area contributed by atoms with E-state index in [2.05, 4.69) is 131 Å². The molecule has 3 rings (SSSR count). The summed E-state index contributed by atoms with van der Waals surface area (Å²) in [6, 6.07) is 14.4. The molecule has 178 valence electrons. The third-order valence-electron chi connectivity index (χ3n) is 6.42. The molecule has 0 nitrogen and oxygen atoms in total. The fourth-order valence-electron chi connectivity index (χ4n) is 5.86. The largest absolute Gasteiger partial charge is 0.0763 e. The van der Waals surface area contributed by atoms with E-state index in [0.29, 0.717) is 11.6 Å². The molecule has 2 heteroatoms. The lowest BCUT2D eigenvalue weighted by molar-refractivity contribution is 0.694. The van der Waals surface area contributed by atoms with Gasteiger partial charge in [0.25, 0.3) is 0 Å². The Hall–Kier alpha value is -1.22. The van der Waals surface area contributed by atoms with E-state index >= 15 is 0 Å². The third-order valence-corrected chi connectivity index (χ3v) is 12.8. The van der Waals surface area contributed by atoms with Crippen LogP contribution in [0, 0.1) is 33.6 Å². The van der Waals surface area contributed by atoms with Gasteiger partial charge >= 0.3 is 0 Å². The van der Waals surface area contributed by atoms with E-state index in [1.54, 1.807) is 5.31 Å². The molecule has 0 heterocycles. The second kappa shape index (κ2) is 9.80. The first kappa shape index (κ1) is 26.4. The molecule has 1 aliphatic carbocycles. The van der Waals surface area contributed by atoms with Crippen molar-refractivity contribution in [3.05, 3.63) is 82.2 Å². The zero-order valence-corrected chi connectivity index (χ0v) is 24.5. The molecule has 0 fully saturated rings. The maximum atomic E-state index is 2.52. The first-order valence-corrected chi connectivity index (χ1v) is 15.1. The fraction of sp³-hybridized carbons (Fsp3) is 0.484. The summed E-state index contributed by atoms with van der Waals surface area (Å²) in [5.41, 5.74) is 6.04. The van der Waals surface area contributed by atoms with E-state index in [0.717, 1.165) is 0 Å². The second-order valence-electron chi connectivity index (χ2n) is 12.0. The maximum absolute atomic E-state index is 2.52. The topological polar surface area (TPSA) is 0 Å². The van der Waals surface area contributed by atoms with Gasteiger partial charge in [-0.05, 0) is 67.5 Å². The number of benzene rings is 2. The van der Waals surface area contributed by atoms with Crippen molar-refractivity contribution in [2.45, 2.75) is 92.1 Å². The molecular weight excluding hydrogens is 434 g/mol. The van der Waals surface area contributed by atoms with Crippen LogP contribution in [0.25, 0.3) is 0 Å². The Morgan fingerprint density at radius 1 is 0.667 bits per heavy atom. The van der Waals surface area contributed by atoms with Gasteiger partial charge in [-0.1, -0.05) is 133 Å². The minimum atomic E-state index is -0.493. The van der Waals surface area contributed by atoms with Crippen molar-refractivity contribution < 1.29 is 0 Å². The number of aryl methyl sites for hydroxylation is 4. The highest BCUT2D eigenvalue weighted by Gasteiger charge is 2.42. The Balaban J connectivity index is 2.14. The molecule has 0 N–H and O–H groups in total. The minimum absolute atomic E-state index is 0.284. The van der Waals surface area contributed by atoms with Crippen molar-refractivity contribution in [1.82, 2.24) is 0 Å². The summed E-state index contributed by atoms with van der Waals surface area (Å²) < 4.78 is 0. The van der Waals surface area contributed by atoms with E-state index in [4.69, 9.17) is 0 Å². The second-order valence-corrected chi connectivity index (χ2v) is 18.4. The van der Waals surface area contributed by atoms with Crippen LogP contribution in [-0.2, 0) is 0 Å². The zero-order chi connectivity index (χ0) is 24.7. The predicted octanol–water partition coefficient (Wildman–Crippen LogP) is 8.89. The van der Waals surface area contributed by atoms with Gasteiger partial charge in [-0.3, -0.25) is 0 Å². The Bertz CT molecular complexity index is 953. The van der Waals surface area contributed by atoms with E-state index in [1.165, 1.54) is 32.9 Å². The summed E-state index contributed by atoms with van der Waals surface area (Å²) in [5, 5.41) is 5.31. The first-order valence-electron chi connectivity index (χ1n) is 12.3. The van der Waals surface area contributed by atoms with Gasteiger partial charge in [0.2, 0.25) is 0 Å². The Labute approximate surface area is 206 Å². The lowest BCUT2D eigenvalue weighted by atomic mass is 10.1. The molecule has 0 amide bonds. The van der Waals surface area contributed by atoms with Crippen molar-refractivity contribution >= 4 is 26.5 Å². The lowest BCUT2D eigenvalue weighted by Gasteiger charge is -2.45. The number of hydrogen-bond donors (Lipinski definition) is 0. The molecule has 2 unspecified atom stereocenters. The molecule has 0 aliphatic heterocycles. The van der Waals surface area contributed by atoms with Crippen LogP contribution < -0.4 is 10.6 Å². The highest BCUT2D eigenvalue weighted by molar-refractivity contribution is 7.73. The van der Waals surface area contributed by atoms with Crippen molar-refractivity contribution in [3.63, 3.8) is 0 Å². The summed E-state index contributed by atoms with van der Waals surface area (Å²) >= 11 is 0. The van der Waals surface area contributed by atoms with Crippen LogP contribution in [0.4, 0.5) is 0 Å². The third kappa shape index (κ3) is 6.08. The molecule has 2 aromatic rings. The molecule has 0 bridgehead atoms. The van der Waals surface area contributed by atoms with Crippen LogP contribution in [0.2, 0.25) is 0 Å². The van der Waals surface area contributed by atoms with Crippen LogP contribution >= 0.6 is 15.8 Å². The summed E-state index contributed by atoms with van der Waals surface area (Å²) in [4.78, 5) is 0. The minimum Gasteiger partial charge on any atom is -0.0763 e. The summed E-state index contributed by atoms with van der Waals surface area (Å²) in [7, 11) is -0.787. The lowest BCUT2D eigenvalue weighted by Crippen LogP contribution is -2.31. The van der Waals surface area contributed by atoms with Crippen molar-refractivity contribution in [2.24, 2.45) is 5.92 Å². The summed E-state index contributed by atoms with van der Waals surface area (Å²) in [6.07, 6.45) is 7.33. The Kier molecular flexibility index (Phi) is 7.83. The van der Waals surface area contributed by atoms with E-state index in [-0.39, 0.29) is 18.2 Å². The standard InChI is InChI=1S/C31H44P2/c1-21-15-22(2)18-26(17-21)32(27-19-23(3)16-24(4)20-27)25(5)28-13-12-14-29(28)33(30(6,7)8)31(9,10)11/h12-20,25,28H,1-11H3. The molecule has 0 aromatic heterocycles. The van der Waals surface area contributed by atoms with Crippen LogP contribution in [0.5, 0.6) is 0 Å². The summed E-state index contributed by atoms with van der Waals surface area (Å²) in [6.45, 7) is 26.2. The van der Waals surface area contributed by atoms with Crippen molar-refractivity contribution in [2.75, 3.05) is 0 Å². The van der Waals surface area contributed by atoms with Gasteiger partial charge < -0.3 is 0 Å². The van der Waals surface area contributed by atoms with E-state index in [1.807, 2.05) is 0 Å². The molecule has 2 atom stereocenters. The summed E-state index contributed by atoms with van der Waals surface area (Å²) in [5.74, 6) is 0.502. The average molecular weight is 479 g/mol. The van der Waals surface area contributed by atoms with Gasteiger partial charge in [0.15, 0.2) is 0 Å². The van der Waals surface area contributed by atoms with Crippen molar-refractivity contribution in [1.29, 1.82) is 0 Å². The predicted molar refractivity (Wildman–Crippen MR) is 155 cm³/mol. The van der Waals surface area contributed by atoms with Gasteiger partial charge in [-0.25, -0.2) is 0 Å². The van der Waals surface area contributed by atoms with Gasteiger partial charge in [-0.2, -0.15) is 0 Å². The first-order chi connectivity index (χ1) is 15.2. The average Bonchev–Trinajstić information content (AvgIpc) is 3.06. The monoisotopic (exact) mass is 478 g/mol. The molecule has 1 aliphatic rings. The van der Waals surface area contributed by atoms with Crippen LogP contribution in [0.3, 0.4) is 0 Å². The van der Waals surface area contributed by atoms with Gasteiger partial charge in [0.1, 0.15) is 0 Å². The molecular formula is C31H44P2. The molecule has 0 spiro atoms. The van der Waals surface area contributed by atoms with E-state index < -0.39 is 7.92 Å².